The molecule has 2 aromatic rings. The summed E-state index contributed by atoms with van der Waals surface area (Å²) in [6.45, 7) is 7.10. The molecule has 0 radical (unpaired) electrons. The first-order valence-corrected chi connectivity index (χ1v) is 8.85. The molecule has 2 rings (SSSR count). The molecule has 0 saturated heterocycles. The Balaban J connectivity index is 2.21. The van der Waals surface area contributed by atoms with Crippen molar-refractivity contribution < 1.29 is 14.3 Å². The number of ether oxygens (including phenoxy) is 2. The summed E-state index contributed by atoms with van der Waals surface area (Å²) in [4.78, 5) is 12.9. The van der Waals surface area contributed by atoms with Crippen LogP contribution in [0.25, 0.3) is 0 Å². The fourth-order valence-corrected chi connectivity index (χ4v) is 2.87. The Hall–Kier alpha value is -2.53. The Morgan fingerprint density at radius 2 is 1.96 bits per heavy atom. The molecule has 0 aliphatic rings. The summed E-state index contributed by atoms with van der Waals surface area (Å²) in [6, 6.07) is 11.3. The van der Waals surface area contributed by atoms with E-state index in [0.717, 1.165) is 17.5 Å². The van der Waals surface area contributed by atoms with E-state index in [0.29, 0.717) is 30.2 Å². The maximum Gasteiger partial charge on any atom is 0.255 e. The maximum absolute atomic E-state index is 12.9. The Kier molecular flexibility index (Phi) is 7.04. The fourth-order valence-electron chi connectivity index (χ4n) is 2.87. The first kappa shape index (κ1) is 19.8. The van der Waals surface area contributed by atoms with Gasteiger partial charge in [0.15, 0.2) is 0 Å². The van der Waals surface area contributed by atoms with Crippen molar-refractivity contribution in [2.75, 3.05) is 20.3 Å². The molecular weight excluding hydrogens is 328 g/mol. The van der Waals surface area contributed by atoms with E-state index in [9.17, 15) is 4.79 Å². The highest BCUT2D eigenvalue weighted by Crippen LogP contribution is 2.26. The third kappa shape index (κ3) is 4.99. The number of aryl methyl sites for hydroxylation is 2. The molecule has 0 aromatic heterocycles. The summed E-state index contributed by atoms with van der Waals surface area (Å²) >= 11 is 0. The third-order valence-corrected chi connectivity index (χ3v) is 4.28. The zero-order valence-electron chi connectivity index (χ0n) is 16.0. The van der Waals surface area contributed by atoms with E-state index >= 15 is 0 Å². The number of hydrogen-bond acceptors (Lipinski definition) is 4. The lowest BCUT2D eigenvalue weighted by atomic mass is 10.00. The number of nitrogens with two attached hydrogens (primary N) is 1. The van der Waals surface area contributed by atoms with E-state index in [2.05, 4.69) is 37.4 Å². The van der Waals surface area contributed by atoms with Crippen molar-refractivity contribution in [2.24, 2.45) is 5.73 Å². The molecule has 5 nitrogen and oxygen atoms in total. The molecule has 2 aromatic carbocycles. The summed E-state index contributed by atoms with van der Waals surface area (Å²) in [6.07, 6.45) is 0.728. The molecule has 0 bridgehead atoms. The lowest BCUT2D eigenvalue weighted by Gasteiger charge is -2.19. The molecule has 0 saturated carbocycles. The summed E-state index contributed by atoms with van der Waals surface area (Å²) in [5.74, 6) is 0.948. The Morgan fingerprint density at radius 3 is 2.62 bits per heavy atom. The van der Waals surface area contributed by atoms with Gasteiger partial charge in [-0.3, -0.25) is 4.79 Å². The van der Waals surface area contributed by atoms with Crippen molar-refractivity contribution in [2.45, 2.75) is 33.2 Å². The molecular formula is C21H28N2O3. The predicted octanol–water partition coefficient (Wildman–Crippen LogP) is 3.53. The molecule has 0 aliphatic carbocycles. The predicted molar refractivity (Wildman–Crippen MR) is 104 cm³/mol. The minimum atomic E-state index is -0.195. The van der Waals surface area contributed by atoms with Crippen LogP contribution >= 0.6 is 0 Å². The van der Waals surface area contributed by atoms with E-state index in [1.807, 2.05) is 6.92 Å². The molecule has 0 unspecified atom stereocenters. The van der Waals surface area contributed by atoms with Crippen LogP contribution < -0.4 is 20.5 Å². The zero-order chi connectivity index (χ0) is 19.1. The van der Waals surface area contributed by atoms with Gasteiger partial charge in [0.25, 0.3) is 5.91 Å². The number of hydrogen-bond donors (Lipinski definition) is 2. The number of rotatable bonds is 8. The second-order valence-corrected chi connectivity index (χ2v) is 6.41. The number of carbonyl (C=O) groups is 1. The van der Waals surface area contributed by atoms with Gasteiger partial charge in [0.05, 0.1) is 25.3 Å². The van der Waals surface area contributed by atoms with Crippen molar-refractivity contribution in [3.63, 3.8) is 0 Å². The van der Waals surface area contributed by atoms with Gasteiger partial charge in [-0.15, -0.1) is 0 Å². The van der Waals surface area contributed by atoms with Crippen molar-refractivity contribution in [1.82, 2.24) is 5.32 Å². The zero-order valence-corrected chi connectivity index (χ0v) is 16.0. The van der Waals surface area contributed by atoms with Gasteiger partial charge >= 0.3 is 0 Å². The van der Waals surface area contributed by atoms with Crippen molar-refractivity contribution >= 4 is 5.91 Å². The van der Waals surface area contributed by atoms with Crippen molar-refractivity contribution in [1.29, 1.82) is 0 Å². The van der Waals surface area contributed by atoms with E-state index in [1.54, 1.807) is 25.3 Å². The molecule has 0 fully saturated rings. The third-order valence-electron chi connectivity index (χ3n) is 4.28. The largest absolute Gasteiger partial charge is 0.497 e. The van der Waals surface area contributed by atoms with E-state index in [4.69, 9.17) is 15.2 Å². The highest BCUT2D eigenvalue weighted by Gasteiger charge is 2.18. The van der Waals surface area contributed by atoms with Crippen molar-refractivity contribution in [3.8, 4) is 11.5 Å². The Morgan fingerprint density at radius 1 is 1.19 bits per heavy atom. The van der Waals surface area contributed by atoms with Crippen LogP contribution in [-0.2, 0) is 0 Å². The molecule has 0 heterocycles. The summed E-state index contributed by atoms with van der Waals surface area (Å²) in [7, 11) is 1.57. The number of methoxy groups -OCH3 is 1. The minimum absolute atomic E-state index is 0.119. The van der Waals surface area contributed by atoms with Crippen molar-refractivity contribution in [3.05, 3.63) is 58.7 Å². The van der Waals surface area contributed by atoms with Crippen LogP contribution in [0.1, 0.15) is 46.4 Å². The smallest absolute Gasteiger partial charge is 0.255 e. The number of amides is 1. The van der Waals surface area contributed by atoms with Gasteiger partial charge in [-0.25, -0.2) is 0 Å². The van der Waals surface area contributed by atoms with E-state index in [-0.39, 0.29) is 11.9 Å². The average molecular weight is 356 g/mol. The fraction of sp³-hybridized carbons (Fsp3) is 0.381. The second kappa shape index (κ2) is 9.25. The number of benzene rings is 2. The van der Waals surface area contributed by atoms with Crippen LogP contribution in [0.3, 0.4) is 0 Å². The summed E-state index contributed by atoms with van der Waals surface area (Å²) in [5.41, 5.74) is 9.42. The van der Waals surface area contributed by atoms with Crippen LogP contribution in [0.5, 0.6) is 11.5 Å². The number of nitrogens with one attached hydrogen (secondary N) is 1. The lowest BCUT2D eigenvalue weighted by Crippen LogP contribution is -2.27. The van der Waals surface area contributed by atoms with E-state index in [1.165, 1.54) is 5.56 Å². The normalized spacial score (nSPS) is 11.7. The molecule has 26 heavy (non-hydrogen) atoms. The molecule has 5 heteroatoms. The minimum Gasteiger partial charge on any atom is -0.497 e. The molecule has 0 spiro atoms. The quantitative estimate of drug-likeness (QED) is 0.710. The van der Waals surface area contributed by atoms with Crippen LogP contribution in [0, 0.1) is 13.8 Å². The SMILES string of the molecule is COc1ccc(OCCCN)c(C(=O)N[C@H](C)c2ccc(C)cc2C)c1. The first-order chi connectivity index (χ1) is 12.5. The monoisotopic (exact) mass is 356 g/mol. The molecule has 3 N–H and O–H groups in total. The second-order valence-electron chi connectivity index (χ2n) is 6.41. The summed E-state index contributed by atoms with van der Waals surface area (Å²) in [5, 5.41) is 3.06. The van der Waals surface area contributed by atoms with Gasteiger partial charge in [-0.1, -0.05) is 23.8 Å². The van der Waals surface area contributed by atoms with Gasteiger partial charge in [-0.2, -0.15) is 0 Å². The van der Waals surface area contributed by atoms with Gasteiger partial charge in [0, 0.05) is 0 Å². The maximum atomic E-state index is 12.9. The summed E-state index contributed by atoms with van der Waals surface area (Å²) < 4.78 is 11.0. The van der Waals surface area contributed by atoms with Crippen LogP contribution in [-0.4, -0.2) is 26.2 Å². The molecule has 1 amide bonds. The highest BCUT2D eigenvalue weighted by atomic mass is 16.5. The Labute approximate surface area is 155 Å². The van der Waals surface area contributed by atoms with Gasteiger partial charge in [0.2, 0.25) is 0 Å². The molecule has 0 aliphatic heterocycles. The standard InChI is InChI=1S/C21H28N2O3/c1-14-6-8-18(15(2)12-14)16(3)23-21(24)19-13-17(25-4)7-9-20(19)26-11-5-10-22/h6-9,12-13,16H,5,10-11,22H2,1-4H3,(H,23,24)/t16-/m1/s1. The lowest BCUT2D eigenvalue weighted by molar-refractivity contribution is 0.0935. The van der Waals surface area contributed by atoms with Crippen LogP contribution in [0.2, 0.25) is 0 Å². The average Bonchev–Trinajstić information content (AvgIpc) is 2.61. The Bertz CT molecular complexity index is 759. The van der Waals surface area contributed by atoms with Gasteiger partial charge < -0.3 is 20.5 Å². The first-order valence-electron chi connectivity index (χ1n) is 8.85. The van der Waals surface area contributed by atoms with Gasteiger partial charge in [-0.05, 0) is 63.1 Å². The van der Waals surface area contributed by atoms with E-state index < -0.39 is 0 Å². The topological polar surface area (TPSA) is 73.6 Å². The van der Waals surface area contributed by atoms with Crippen LogP contribution in [0.15, 0.2) is 36.4 Å². The molecule has 1 atom stereocenters. The van der Waals surface area contributed by atoms with Crippen LogP contribution in [0.4, 0.5) is 0 Å². The number of carbonyl (C=O) groups excluding carboxylic acids is 1. The van der Waals surface area contributed by atoms with Gasteiger partial charge in [0.1, 0.15) is 11.5 Å². The molecule has 140 valence electrons. The highest BCUT2D eigenvalue weighted by molar-refractivity contribution is 5.97.